The second kappa shape index (κ2) is 4.59. The lowest BCUT2D eigenvalue weighted by Gasteiger charge is -2.11. The summed E-state index contributed by atoms with van der Waals surface area (Å²) < 4.78 is 2.79. The van der Waals surface area contributed by atoms with E-state index < -0.39 is 0 Å². The van der Waals surface area contributed by atoms with Crippen molar-refractivity contribution in [1.82, 2.24) is 19.7 Å². The van der Waals surface area contributed by atoms with Gasteiger partial charge in [0.1, 0.15) is 0 Å². The number of hydrogen-bond acceptors (Lipinski definition) is 4. The smallest absolute Gasteiger partial charge is 0.195 e. The highest BCUT2D eigenvalue weighted by atomic mass is 32.1. The molecule has 1 N–H and O–H groups in total. The van der Waals surface area contributed by atoms with Crippen molar-refractivity contribution in [2.45, 2.75) is 45.1 Å². The van der Waals surface area contributed by atoms with Gasteiger partial charge in [-0.2, -0.15) is 5.10 Å². The number of aromatic amines is 1. The topological polar surface area (TPSA) is 46.5 Å². The molecule has 96 valence electrons. The third-order valence-electron chi connectivity index (χ3n) is 3.41. The van der Waals surface area contributed by atoms with Crippen molar-refractivity contribution in [3.8, 4) is 10.7 Å². The highest BCUT2D eigenvalue weighted by molar-refractivity contribution is 7.71. The van der Waals surface area contributed by atoms with Gasteiger partial charge in [0.2, 0.25) is 0 Å². The van der Waals surface area contributed by atoms with Crippen LogP contribution in [-0.4, -0.2) is 19.7 Å². The van der Waals surface area contributed by atoms with E-state index in [0.717, 1.165) is 17.1 Å². The van der Waals surface area contributed by atoms with E-state index in [-0.39, 0.29) is 0 Å². The van der Waals surface area contributed by atoms with Crippen LogP contribution in [0, 0.1) is 4.77 Å². The molecule has 1 fully saturated rings. The number of nitrogens with zero attached hydrogens (tertiary/aromatic N) is 3. The van der Waals surface area contributed by atoms with Crippen molar-refractivity contribution < 1.29 is 0 Å². The van der Waals surface area contributed by atoms with Crippen molar-refractivity contribution in [3.63, 3.8) is 0 Å². The normalized spacial score (nSPS) is 17.0. The predicted octanol–water partition coefficient (Wildman–Crippen LogP) is 3.91. The Morgan fingerprint density at radius 1 is 1.61 bits per heavy atom. The van der Waals surface area contributed by atoms with Crippen molar-refractivity contribution >= 4 is 23.6 Å². The fourth-order valence-electron chi connectivity index (χ4n) is 1.98. The molecule has 18 heavy (non-hydrogen) atoms. The van der Waals surface area contributed by atoms with E-state index in [1.165, 1.54) is 17.8 Å². The summed E-state index contributed by atoms with van der Waals surface area (Å²) >= 11 is 7.07. The molecule has 4 nitrogen and oxygen atoms in total. The van der Waals surface area contributed by atoms with Gasteiger partial charge in [-0.3, -0.25) is 9.67 Å². The van der Waals surface area contributed by atoms with Crippen LogP contribution in [0.4, 0.5) is 0 Å². The third kappa shape index (κ3) is 2.03. The van der Waals surface area contributed by atoms with E-state index in [0.29, 0.717) is 16.7 Å². The summed E-state index contributed by atoms with van der Waals surface area (Å²) in [6, 6.07) is 0.359. The van der Waals surface area contributed by atoms with Crippen LogP contribution in [0.15, 0.2) is 6.20 Å². The maximum atomic E-state index is 5.32. The molecule has 6 heteroatoms. The SMILES string of the molecule is CCC(C)n1c(-c2cnc(C3CC3)s2)n[nH]c1=S. The summed E-state index contributed by atoms with van der Waals surface area (Å²) in [6.07, 6.45) is 5.54. The van der Waals surface area contributed by atoms with E-state index in [1.807, 2.05) is 6.20 Å². The van der Waals surface area contributed by atoms with Gasteiger partial charge >= 0.3 is 0 Å². The highest BCUT2D eigenvalue weighted by Gasteiger charge is 2.27. The first-order chi connectivity index (χ1) is 8.70. The molecular weight excluding hydrogens is 264 g/mol. The Hall–Kier alpha value is -1.01. The molecular formula is C12H16N4S2. The fourth-order valence-corrected chi connectivity index (χ4v) is 3.37. The van der Waals surface area contributed by atoms with Crippen molar-refractivity contribution in [1.29, 1.82) is 0 Å². The van der Waals surface area contributed by atoms with Crippen LogP contribution in [0.25, 0.3) is 10.7 Å². The molecule has 2 aromatic rings. The summed E-state index contributed by atoms with van der Waals surface area (Å²) in [5, 5.41) is 8.51. The van der Waals surface area contributed by atoms with E-state index in [2.05, 4.69) is 33.6 Å². The molecule has 0 aromatic carbocycles. The molecule has 1 unspecified atom stereocenters. The summed E-state index contributed by atoms with van der Waals surface area (Å²) in [7, 11) is 0. The monoisotopic (exact) mass is 280 g/mol. The number of hydrogen-bond donors (Lipinski definition) is 1. The molecule has 1 atom stereocenters. The number of nitrogens with one attached hydrogen (secondary N) is 1. The lowest BCUT2D eigenvalue weighted by atomic mass is 10.2. The predicted molar refractivity (Wildman–Crippen MR) is 75.5 cm³/mol. The Labute approximate surface area is 115 Å². The van der Waals surface area contributed by atoms with E-state index >= 15 is 0 Å². The molecule has 3 rings (SSSR count). The lowest BCUT2D eigenvalue weighted by Crippen LogP contribution is -2.05. The third-order valence-corrected chi connectivity index (χ3v) is 4.85. The standard InChI is InChI=1S/C12H16N4S2/c1-3-7(2)16-10(14-15-12(16)17)9-6-13-11(18-9)8-4-5-8/h6-8H,3-5H2,1-2H3,(H,15,17). The van der Waals surface area contributed by atoms with Gasteiger partial charge in [-0.25, -0.2) is 4.98 Å². The zero-order chi connectivity index (χ0) is 12.7. The summed E-state index contributed by atoms with van der Waals surface area (Å²) in [5.74, 6) is 1.63. The molecule has 1 aliphatic carbocycles. The van der Waals surface area contributed by atoms with Crippen LogP contribution in [0.3, 0.4) is 0 Å². The number of rotatable bonds is 4. The minimum absolute atomic E-state index is 0.359. The Morgan fingerprint density at radius 2 is 2.39 bits per heavy atom. The van der Waals surface area contributed by atoms with Crippen LogP contribution in [0.5, 0.6) is 0 Å². The van der Waals surface area contributed by atoms with Gasteiger partial charge in [0.25, 0.3) is 0 Å². The molecule has 1 saturated carbocycles. The minimum atomic E-state index is 0.359. The van der Waals surface area contributed by atoms with E-state index in [4.69, 9.17) is 12.2 Å². The average molecular weight is 280 g/mol. The first-order valence-corrected chi connectivity index (χ1v) is 7.56. The maximum Gasteiger partial charge on any atom is 0.195 e. The summed E-state index contributed by atoms with van der Waals surface area (Å²) in [5.41, 5.74) is 0. The second-order valence-corrected chi connectivity index (χ2v) is 6.27. The van der Waals surface area contributed by atoms with Gasteiger partial charge in [-0.05, 0) is 38.4 Å². The number of aromatic nitrogens is 4. The molecule has 2 heterocycles. The molecule has 1 aliphatic rings. The Bertz CT molecular complexity index is 606. The molecule has 0 radical (unpaired) electrons. The second-order valence-electron chi connectivity index (χ2n) is 4.82. The summed E-state index contributed by atoms with van der Waals surface area (Å²) in [6.45, 7) is 4.32. The molecule has 0 aliphatic heterocycles. The van der Waals surface area contributed by atoms with Gasteiger partial charge in [-0.1, -0.05) is 6.92 Å². The van der Waals surface area contributed by atoms with Crippen LogP contribution in [0.2, 0.25) is 0 Å². The van der Waals surface area contributed by atoms with Gasteiger partial charge in [0.15, 0.2) is 10.6 Å². The Morgan fingerprint density at radius 3 is 3.06 bits per heavy atom. The zero-order valence-electron chi connectivity index (χ0n) is 10.5. The largest absolute Gasteiger partial charge is 0.297 e. The van der Waals surface area contributed by atoms with Gasteiger partial charge in [0.05, 0.1) is 9.88 Å². The van der Waals surface area contributed by atoms with Crippen LogP contribution in [0.1, 0.15) is 50.1 Å². The first kappa shape index (κ1) is 12.0. The molecule has 0 saturated heterocycles. The quantitative estimate of drug-likeness (QED) is 0.864. The van der Waals surface area contributed by atoms with Crippen molar-refractivity contribution in [2.75, 3.05) is 0 Å². The first-order valence-electron chi connectivity index (χ1n) is 6.33. The number of thiazole rings is 1. The molecule has 0 spiro atoms. The van der Waals surface area contributed by atoms with Gasteiger partial charge in [0, 0.05) is 18.2 Å². The summed E-state index contributed by atoms with van der Waals surface area (Å²) in [4.78, 5) is 5.62. The van der Waals surface area contributed by atoms with Crippen molar-refractivity contribution in [2.24, 2.45) is 0 Å². The van der Waals surface area contributed by atoms with Crippen molar-refractivity contribution in [3.05, 3.63) is 16.0 Å². The minimum Gasteiger partial charge on any atom is -0.297 e. The molecule has 0 bridgehead atoms. The van der Waals surface area contributed by atoms with Crippen LogP contribution >= 0.6 is 23.6 Å². The fraction of sp³-hybridized carbons (Fsp3) is 0.583. The Kier molecular flexibility index (Phi) is 3.07. The van der Waals surface area contributed by atoms with Gasteiger partial charge < -0.3 is 0 Å². The van der Waals surface area contributed by atoms with Crippen LogP contribution < -0.4 is 0 Å². The maximum absolute atomic E-state index is 5.32. The van der Waals surface area contributed by atoms with Gasteiger partial charge in [-0.15, -0.1) is 11.3 Å². The highest BCUT2D eigenvalue weighted by Crippen LogP contribution is 2.43. The molecule has 0 amide bonds. The van der Waals surface area contributed by atoms with Crippen LogP contribution in [-0.2, 0) is 0 Å². The zero-order valence-corrected chi connectivity index (χ0v) is 12.1. The average Bonchev–Trinajstić information content (AvgIpc) is 2.98. The number of H-pyrrole nitrogens is 1. The molecule has 2 aromatic heterocycles. The lowest BCUT2D eigenvalue weighted by molar-refractivity contribution is 0.529. The van der Waals surface area contributed by atoms with E-state index in [1.54, 1.807) is 11.3 Å². The Balaban J connectivity index is 2.02. The van der Waals surface area contributed by atoms with E-state index in [9.17, 15) is 0 Å².